The highest BCUT2D eigenvalue weighted by atomic mass is 32.2. The second kappa shape index (κ2) is 3.28. The van der Waals surface area contributed by atoms with Gasteiger partial charge in [0, 0.05) is 10.5 Å². The van der Waals surface area contributed by atoms with Crippen LogP contribution < -0.4 is 16.0 Å². The zero-order valence-electron chi connectivity index (χ0n) is 7.94. The second-order valence-corrected chi connectivity index (χ2v) is 4.10. The van der Waals surface area contributed by atoms with Crippen molar-refractivity contribution in [3.63, 3.8) is 0 Å². The van der Waals surface area contributed by atoms with Crippen molar-refractivity contribution < 1.29 is 4.42 Å². The van der Waals surface area contributed by atoms with Gasteiger partial charge in [-0.1, -0.05) is 12.1 Å². The van der Waals surface area contributed by atoms with Gasteiger partial charge in [0.25, 0.3) is 5.56 Å². The molecule has 1 aromatic carbocycles. The van der Waals surface area contributed by atoms with Crippen LogP contribution in [0.3, 0.4) is 0 Å². The van der Waals surface area contributed by atoms with Crippen LogP contribution in [0.15, 0.2) is 43.2 Å². The zero-order chi connectivity index (χ0) is 11.1. The fourth-order valence-electron chi connectivity index (χ4n) is 1.56. The van der Waals surface area contributed by atoms with Gasteiger partial charge >= 0.3 is 5.76 Å². The molecule has 0 unspecified atom stereocenters. The smallest absolute Gasteiger partial charge is 0.407 e. The molecule has 1 aromatic heterocycles. The first-order valence-corrected chi connectivity index (χ1v) is 5.37. The number of rotatable bonds is 0. The van der Waals surface area contributed by atoms with Crippen LogP contribution in [-0.2, 0) is 0 Å². The number of hydrogen-bond donors (Lipinski definition) is 2. The lowest BCUT2D eigenvalue weighted by molar-refractivity contribution is 0.495. The molecule has 6 heteroatoms. The number of hydrogen-bond acceptors (Lipinski definition) is 5. The van der Waals surface area contributed by atoms with Crippen LogP contribution in [0, 0.1) is 0 Å². The molecule has 0 radical (unpaired) electrons. The van der Waals surface area contributed by atoms with E-state index in [1.807, 2.05) is 24.3 Å². The molecule has 2 aromatic rings. The normalized spacial score (nSPS) is 12.5. The number of benzene rings is 1. The summed E-state index contributed by atoms with van der Waals surface area (Å²) in [5, 5.41) is 0. The molecule has 2 N–H and O–H groups in total. The van der Waals surface area contributed by atoms with E-state index >= 15 is 0 Å². The number of H-pyrrole nitrogens is 1. The summed E-state index contributed by atoms with van der Waals surface area (Å²) in [4.78, 5) is 25.6. The number of nitrogens with one attached hydrogen (secondary N) is 2. The highest BCUT2D eigenvalue weighted by Gasteiger charge is 2.21. The Morgan fingerprint density at radius 1 is 1.19 bits per heavy atom. The van der Waals surface area contributed by atoms with Crippen LogP contribution in [0.4, 0.5) is 5.69 Å². The molecule has 1 aliphatic rings. The Kier molecular flexibility index (Phi) is 1.90. The molecule has 0 saturated heterocycles. The first-order chi connectivity index (χ1) is 7.75. The van der Waals surface area contributed by atoms with Crippen molar-refractivity contribution in [2.45, 2.75) is 4.90 Å². The molecule has 3 rings (SSSR count). The highest BCUT2D eigenvalue weighted by molar-refractivity contribution is 8.00. The Hall–Kier alpha value is -1.95. The third kappa shape index (κ3) is 1.27. The number of fused-ring (bicyclic) bond motifs is 3. The first kappa shape index (κ1) is 9.29. The average Bonchev–Trinajstić information content (AvgIpc) is 2.28. The molecule has 0 bridgehead atoms. The average molecular weight is 234 g/mol. The van der Waals surface area contributed by atoms with Crippen molar-refractivity contribution in [1.29, 1.82) is 0 Å². The predicted molar refractivity (Wildman–Crippen MR) is 60.5 cm³/mol. The van der Waals surface area contributed by atoms with E-state index < -0.39 is 11.3 Å². The molecular weight excluding hydrogens is 228 g/mol. The van der Waals surface area contributed by atoms with Crippen LogP contribution in [-0.4, -0.2) is 4.98 Å². The zero-order valence-corrected chi connectivity index (χ0v) is 8.76. The number of anilines is 1. The molecule has 2 heterocycles. The predicted octanol–water partition coefficient (Wildman–Crippen LogP) is 1.43. The van der Waals surface area contributed by atoms with E-state index in [0.29, 0.717) is 5.76 Å². The first-order valence-electron chi connectivity index (χ1n) is 4.55. The third-order valence-corrected chi connectivity index (χ3v) is 3.14. The third-order valence-electron chi connectivity index (χ3n) is 2.26. The van der Waals surface area contributed by atoms with Crippen molar-refractivity contribution >= 4 is 17.6 Å². The molecule has 0 spiro atoms. The summed E-state index contributed by atoms with van der Waals surface area (Å²) >= 11 is 1.32. The van der Waals surface area contributed by atoms with Gasteiger partial charge in [-0.15, -0.1) is 0 Å². The topological polar surface area (TPSA) is 75.1 Å². The summed E-state index contributed by atoms with van der Waals surface area (Å²) in [5.41, 5.74) is 0.570. The fraction of sp³-hybridized carbons (Fsp3) is 0. The van der Waals surface area contributed by atoms with Crippen molar-refractivity contribution in [3.05, 3.63) is 45.2 Å². The minimum absolute atomic E-state index is 0.281. The van der Waals surface area contributed by atoms with E-state index in [1.165, 1.54) is 11.9 Å². The summed E-state index contributed by atoms with van der Waals surface area (Å²) in [5.74, 6) is -0.449. The maximum Gasteiger partial charge on any atom is 0.419 e. The van der Waals surface area contributed by atoms with E-state index in [-0.39, 0.29) is 5.69 Å². The molecule has 1 aliphatic heterocycles. The van der Waals surface area contributed by atoms with E-state index in [9.17, 15) is 9.59 Å². The summed E-state index contributed by atoms with van der Waals surface area (Å²) in [6.07, 6.45) is 0. The second-order valence-electron chi connectivity index (χ2n) is 3.25. The van der Waals surface area contributed by atoms with Crippen LogP contribution in [0.5, 0.6) is 0 Å². The van der Waals surface area contributed by atoms with Gasteiger partial charge in [0.15, 0.2) is 11.4 Å². The molecular formula is C10H6N2O3S. The Morgan fingerprint density at radius 3 is 2.88 bits per heavy atom. The van der Waals surface area contributed by atoms with Gasteiger partial charge in [-0.05, 0) is 24.1 Å². The van der Waals surface area contributed by atoms with E-state index in [2.05, 4.69) is 9.71 Å². The van der Waals surface area contributed by atoms with Gasteiger partial charge in [-0.2, -0.15) is 0 Å². The van der Waals surface area contributed by atoms with Gasteiger partial charge in [-0.25, -0.2) is 4.79 Å². The monoisotopic (exact) mass is 234 g/mol. The van der Waals surface area contributed by atoms with Crippen molar-refractivity contribution in [2.24, 2.45) is 0 Å². The summed E-state index contributed by atoms with van der Waals surface area (Å²) < 4.78 is 7.87. The minimum atomic E-state index is -0.743. The standard InChI is InChI=1S/C10H6N2O3S/c13-9-7-8(15-10(14)11-9)5-3-1-2-4-6(5)16-12-7/h1-4,12H,(H,11,13,14). The van der Waals surface area contributed by atoms with E-state index in [1.54, 1.807) is 0 Å². The molecule has 0 saturated carbocycles. The lowest BCUT2D eigenvalue weighted by atomic mass is 10.1. The van der Waals surface area contributed by atoms with Crippen LogP contribution in [0.2, 0.25) is 0 Å². The Balaban J connectivity index is 2.40. The van der Waals surface area contributed by atoms with Crippen LogP contribution in [0.1, 0.15) is 0 Å². The van der Waals surface area contributed by atoms with E-state index in [4.69, 9.17) is 4.42 Å². The molecule has 0 aliphatic carbocycles. The molecule has 16 heavy (non-hydrogen) atoms. The maximum atomic E-state index is 11.5. The largest absolute Gasteiger partial charge is 0.419 e. The fourth-order valence-corrected chi connectivity index (χ4v) is 2.37. The van der Waals surface area contributed by atoms with Gasteiger partial charge in [0.05, 0.1) is 0 Å². The van der Waals surface area contributed by atoms with Crippen LogP contribution >= 0.6 is 11.9 Å². The molecule has 80 valence electrons. The van der Waals surface area contributed by atoms with Crippen molar-refractivity contribution in [1.82, 2.24) is 4.98 Å². The van der Waals surface area contributed by atoms with Gasteiger partial charge in [0.2, 0.25) is 0 Å². The minimum Gasteiger partial charge on any atom is -0.407 e. The quantitative estimate of drug-likeness (QED) is 0.674. The Morgan fingerprint density at radius 2 is 2.00 bits per heavy atom. The van der Waals surface area contributed by atoms with Gasteiger partial charge in [0.1, 0.15) is 0 Å². The Bertz CT molecular complexity index is 674. The Labute approximate surface area is 93.6 Å². The molecule has 0 amide bonds. The number of aromatic amines is 1. The summed E-state index contributed by atoms with van der Waals surface area (Å²) in [6.45, 7) is 0. The molecule has 5 nitrogen and oxygen atoms in total. The van der Waals surface area contributed by atoms with Gasteiger partial charge in [-0.3, -0.25) is 9.78 Å². The summed E-state index contributed by atoms with van der Waals surface area (Å²) in [7, 11) is 0. The van der Waals surface area contributed by atoms with Gasteiger partial charge < -0.3 is 9.14 Å². The SMILES string of the molecule is O=c1[nH]c(=O)c2c(o1)-c1ccccc1SN2. The van der Waals surface area contributed by atoms with Crippen molar-refractivity contribution in [2.75, 3.05) is 4.72 Å². The van der Waals surface area contributed by atoms with E-state index in [0.717, 1.165) is 10.5 Å². The lowest BCUT2D eigenvalue weighted by Crippen LogP contribution is -2.22. The summed E-state index contributed by atoms with van der Waals surface area (Å²) in [6, 6.07) is 7.40. The maximum absolute atomic E-state index is 11.5. The molecule has 0 fully saturated rings. The lowest BCUT2D eigenvalue weighted by Gasteiger charge is -2.16. The highest BCUT2D eigenvalue weighted by Crippen LogP contribution is 2.38. The van der Waals surface area contributed by atoms with Crippen molar-refractivity contribution in [3.8, 4) is 11.3 Å². The molecule has 0 atom stereocenters. The number of aromatic nitrogens is 1. The van der Waals surface area contributed by atoms with Crippen LogP contribution in [0.25, 0.3) is 11.3 Å².